The highest BCUT2D eigenvalue weighted by atomic mass is 16.3. The molecule has 0 bridgehead atoms. The number of ketones is 2. The molecule has 3 aliphatic rings. The quantitative estimate of drug-likeness (QED) is 0.345. The van der Waals surface area contributed by atoms with Gasteiger partial charge in [-0.2, -0.15) is 0 Å². The van der Waals surface area contributed by atoms with E-state index in [1.54, 1.807) is 6.07 Å². The minimum absolute atomic E-state index is 0.0186. The number of hydrogen-bond acceptors (Lipinski definition) is 8. The lowest BCUT2D eigenvalue weighted by Crippen LogP contribution is -2.57. The highest BCUT2D eigenvalue weighted by molar-refractivity contribution is 6.24. The standard InChI is InChI=1S/C28H30N2O7/c1-27(2,3)30-11-12-4-5-13-7-14-8-15-9-16-10-18(31)21(26(29)36)25(35)28(16,37)24(34)20(15)23(33)19(14)22(32)17(13)6-12/h4-7,15-16,30-32,34,37H,8-11H2,1-3H3,(H2,29,36)/t15?,16-,28-/m0/s1. The Kier molecular flexibility index (Phi) is 5.51. The zero-order valence-corrected chi connectivity index (χ0v) is 20.9. The molecular formula is C28H30N2O7. The maximum absolute atomic E-state index is 13.7. The molecule has 9 heteroatoms. The molecule has 1 unspecified atom stereocenters. The smallest absolute Gasteiger partial charge is 0.255 e. The molecule has 2 aromatic rings. The summed E-state index contributed by atoms with van der Waals surface area (Å²) in [6.07, 6.45) is 0.147. The number of allylic oxidation sites excluding steroid dienone is 2. The predicted molar refractivity (Wildman–Crippen MR) is 135 cm³/mol. The summed E-state index contributed by atoms with van der Waals surface area (Å²) in [5.41, 5.74) is 3.15. The van der Waals surface area contributed by atoms with E-state index >= 15 is 0 Å². The fourth-order valence-electron chi connectivity index (χ4n) is 5.91. The van der Waals surface area contributed by atoms with Crippen molar-refractivity contribution in [2.24, 2.45) is 17.6 Å². The molecule has 0 saturated heterocycles. The van der Waals surface area contributed by atoms with Crippen molar-refractivity contribution in [2.75, 3.05) is 0 Å². The van der Waals surface area contributed by atoms with E-state index in [-0.39, 0.29) is 41.7 Å². The fourth-order valence-corrected chi connectivity index (χ4v) is 5.91. The third kappa shape index (κ3) is 3.72. The van der Waals surface area contributed by atoms with E-state index in [9.17, 15) is 34.8 Å². The minimum atomic E-state index is -2.56. The summed E-state index contributed by atoms with van der Waals surface area (Å²) in [5.74, 6) is -6.24. The summed E-state index contributed by atoms with van der Waals surface area (Å²) in [5, 5.41) is 48.6. The molecule has 2 aromatic carbocycles. The number of aliphatic hydroxyl groups excluding tert-OH is 2. The van der Waals surface area contributed by atoms with Crippen molar-refractivity contribution in [3.8, 4) is 5.75 Å². The van der Waals surface area contributed by atoms with E-state index in [2.05, 4.69) is 5.32 Å². The first-order valence-corrected chi connectivity index (χ1v) is 12.2. The van der Waals surface area contributed by atoms with Gasteiger partial charge in [-0.15, -0.1) is 0 Å². The molecule has 9 nitrogen and oxygen atoms in total. The largest absolute Gasteiger partial charge is 0.511 e. The number of aliphatic hydroxyl groups is 3. The van der Waals surface area contributed by atoms with E-state index < -0.39 is 52.0 Å². The van der Waals surface area contributed by atoms with Gasteiger partial charge < -0.3 is 31.5 Å². The maximum atomic E-state index is 13.7. The summed E-state index contributed by atoms with van der Waals surface area (Å²) in [7, 11) is 0. The average Bonchev–Trinajstić information content (AvgIpc) is 2.79. The molecule has 3 atom stereocenters. The van der Waals surface area contributed by atoms with Crippen molar-refractivity contribution < 1.29 is 34.8 Å². The Bertz CT molecular complexity index is 1460. The van der Waals surface area contributed by atoms with Crippen LogP contribution >= 0.6 is 0 Å². The topological polar surface area (TPSA) is 170 Å². The number of fused-ring (bicyclic) bond motifs is 4. The van der Waals surface area contributed by atoms with Crippen LogP contribution < -0.4 is 11.1 Å². The number of nitrogens with two attached hydrogens (primary N) is 1. The molecule has 0 aliphatic heterocycles. The number of phenolic OH excluding ortho intramolecular Hbond substituents is 1. The molecule has 1 amide bonds. The van der Waals surface area contributed by atoms with Gasteiger partial charge in [-0.25, -0.2) is 0 Å². The van der Waals surface area contributed by atoms with Crippen molar-refractivity contribution in [2.45, 2.75) is 57.7 Å². The normalized spacial score (nSPS) is 25.7. The molecule has 0 spiro atoms. The fraction of sp³-hybridized carbons (Fsp3) is 0.393. The first-order valence-electron chi connectivity index (χ1n) is 12.2. The Balaban J connectivity index is 1.61. The van der Waals surface area contributed by atoms with Crippen molar-refractivity contribution >= 4 is 28.2 Å². The molecule has 0 radical (unpaired) electrons. The van der Waals surface area contributed by atoms with E-state index in [1.807, 2.05) is 39.0 Å². The van der Waals surface area contributed by atoms with Crippen molar-refractivity contribution in [3.05, 3.63) is 63.6 Å². The van der Waals surface area contributed by atoms with Crippen LogP contribution in [0, 0.1) is 11.8 Å². The van der Waals surface area contributed by atoms with Crippen LogP contribution in [0.2, 0.25) is 0 Å². The molecule has 0 saturated carbocycles. The Morgan fingerprint density at radius 3 is 2.49 bits per heavy atom. The van der Waals surface area contributed by atoms with Gasteiger partial charge in [-0.1, -0.05) is 18.2 Å². The van der Waals surface area contributed by atoms with Crippen LogP contribution in [0.15, 0.2) is 46.9 Å². The highest BCUT2D eigenvalue weighted by Crippen LogP contribution is 2.52. The molecule has 0 aromatic heterocycles. The zero-order valence-electron chi connectivity index (χ0n) is 20.9. The molecule has 37 heavy (non-hydrogen) atoms. The molecule has 7 N–H and O–H groups in total. The van der Waals surface area contributed by atoms with Crippen molar-refractivity contribution in [3.63, 3.8) is 0 Å². The third-order valence-electron chi connectivity index (χ3n) is 7.75. The first-order chi connectivity index (χ1) is 17.2. The molecular weight excluding hydrogens is 476 g/mol. The monoisotopic (exact) mass is 506 g/mol. The van der Waals surface area contributed by atoms with Crippen molar-refractivity contribution in [1.82, 2.24) is 5.32 Å². The third-order valence-corrected chi connectivity index (χ3v) is 7.75. The summed E-state index contributed by atoms with van der Waals surface area (Å²) in [6, 6.07) is 7.48. The van der Waals surface area contributed by atoms with Gasteiger partial charge in [0.05, 0.1) is 5.56 Å². The Morgan fingerprint density at radius 1 is 1.14 bits per heavy atom. The Morgan fingerprint density at radius 2 is 1.84 bits per heavy atom. The number of carbonyl (C=O) groups excluding carboxylic acids is 3. The number of carbonyl (C=O) groups is 3. The van der Waals surface area contributed by atoms with Crippen LogP contribution in [0.4, 0.5) is 0 Å². The van der Waals surface area contributed by atoms with Crippen LogP contribution in [0.1, 0.15) is 55.1 Å². The van der Waals surface area contributed by atoms with E-state index in [0.717, 1.165) is 10.9 Å². The maximum Gasteiger partial charge on any atom is 0.255 e. The van der Waals surface area contributed by atoms with Crippen LogP contribution in [-0.4, -0.2) is 49.0 Å². The van der Waals surface area contributed by atoms with Crippen LogP contribution in [0.5, 0.6) is 5.75 Å². The minimum Gasteiger partial charge on any atom is -0.511 e. The highest BCUT2D eigenvalue weighted by Gasteiger charge is 2.59. The summed E-state index contributed by atoms with van der Waals surface area (Å²) in [6.45, 7) is 6.68. The number of primary amides is 1. The summed E-state index contributed by atoms with van der Waals surface area (Å²) < 4.78 is 0. The van der Waals surface area contributed by atoms with E-state index in [1.165, 1.54) is 0 Å². The van der Waals surface area contributed by atoms with Gasteiger partial charge in [0.2, 0.25) is 5.78 Å². The van der Waals surface area contributed by atoms with Gasteiger partial charge in [-0.05, 0) is 62.1 Å². The predicted octanol–water partition coefficient (Wildman–Crippen LogP) is 2.62. The van der Waals surface area contributed by atoms with Gasteiger partial charge >= 0.3 is 0 Å². The van der Waals surface area contributed by atoms with Crippen molar-refractivity contribution in [1.29, 1.82) is 0 Å². The molecule has 0 fully saturated rings. The lowest BCUT2D eigenvalue weighted by atomic mass is 9.60. The second kappa shape index (κ2) is 8.16. The van der Waals surface area contributed by atoms with Gasteiger partial charge in [-0.3, -0.25) is 14.4 Å². The molecule has 3 aliphatic carbocycles. The number of hydrogen-bond donors (Lipinski definition) is 6. The number of phenols is 1. The van der Waals surface area contributed by atoms with Crippen LogP contribution in [0.25, 0.3) is 10.8 Å². The van der Waals surface area contributed by atoms with Gasteiger partial charge in [0.25, 0.3) is 5.91 Å². The number of nitrogens with one attached hydrogen (secondary N) is 1. The van der Waals surface area contributed by atoms with Crippen LogP contribution in [-0.2, 0) is 22.6 Å². The summed E-state index contributed by atoms with van der Waals surface area (Å²) in [4.78, 5) is 38.5. The van der Waals surface area contributed by atoms with E-state index in [4.69, 9.17) is 5.73 Å². The molecule has 194 valence electrons. The number of rotatable bonds is 3. The van der Waals surface area contributed by atoms with Gasteiger partial charge in [0.1, 0.15) is 22.8 Å². The Labute approximate surface area is 213 Å². The first kappa shape index (κ1) is 25.0. The number of Topliss-reactive ketones (excluding diaryl/α,β-unsaturated/α-hetero) is 2. The number of benzene rings is 2. The molecule has 0 heterocycles. The zero-order chi connectivity index (χ0) is 27.0. The Hall–Kier alpha value is -3.69. The van der Waals surface area contributed by atoms with Gasteiger partial charge in [0.15, 0.2) is 11.4 Å². The lowest BCUT2D eigenvalue weighted by Gasteiger charge is -2.45. The second-order valence-electron chi connectivity index (χ2n) is 11.3. The number of aromatic hydroxyl groups is 1. The van der Waals surface area contributed by atoms with E-state index in [0.29, 0.717) is 17.5 Å². The second-order valence-corrected chi connectivity index (χ2v) is 11.3. The van der Waals surface area contributed by atoms with Crippen LogP contribution in [0.3, 0.4) is 0 Å². The lowest BCUT2D eigenvalue weighted by molar-refractivity contribution is -0.144. The van der Waals surface area contributed by atoms with Gasteiger partial charge in [0, 0.05) is 35.4 Å². The summed E-state index contributed by atoms with van der Waals surface area (Å²) >= 11 is 0. The number of amides is 1. The SMILES string of the molecule is CC(C)(C)NCc1ccc2cc3c(c(O)c2c1)C(=O)C1=C(O)[C@]2(O)C(=O)C(C(N)=O)=C(O)C[C@@H]2CC1C3. The average molecular weight is 507 g/mol. The molecule has 5 rings (SSSR count).